The van der Waals surface area contributed by atoms with Gasteiger partial charge in [0.1, 0.15) is 35.6 Å². The Morgan fingerprint density at radius 3 is 2.14 bits per heavy atom. The summed E-state index contributed by atoms with van der Waals surface area (Å²) < 4.78 is 43.3. The maximum absolute atomic E-state index is 12.8. The fourth-order valence-electron chi connectivity index (χ4n) is 7.55. The number of halogens is 2. The number of methoxy groups -OCH3 is 1. The van der Waals surface area contributed by atoms with Crippen LogP contribution >= 0.6 is 43.6 Å². The number of aliphatic hydroxyl groups excluding tert-OH is 4. The lowest BCUT2D eigenvalue weighted by Crippen LogP contribution is -2.55. The SMILES string of the molecule is CC(/C=N/NC(=N)N)=N\NC(=N)N.CO[C@@]12[C@H](COC(N)=O)C3=C(C(=O)C(C)=C(N)C3=O)N1C[C@@H]1N[C@@H]12.Cc1ccc(S(=O)(=O)NC2=NC(=O)C(Cc3ccc(C)o3)S2)cc1.OC(CBr)C(O)C(O)C(O)CBr. The summed E-state index contributed by atoms with van der Waals surface area (Å²) in [5.74, 6) is -0.780. The monoisotopic (exact) mass is 1190 g/mol. The number of rotatable bonds is 15. The number of amides is 2. The number of guanidine groups is 2. The number of aliphatic hydroxyl groups is 4. The standard InChI is InChI=1S/C16H16N2O4S2.C15H18N4O5.C6H12Br2O4.C5H12N8/c1-10-3-7-13(8-4-10)24(20,21)18-16-17-15(19)14(23-16)9-12-6-5-11(2)22-12;1-5-9(16)12(21)8-6(4-24-14(17)22)15(23-2)13-7(18-13)3-19(15)10(8)11(5)20;7-1-3(9)5(11)6(12)4(10)2-8;1-3(11-13-5(8)9)2-10-12-4(6)7/h3-8,14H,9H2,1-2H3,(H,17,18,19);6-7,13,18H,3-4,16H2,1-2H3,(H2,17,22);3-6,9-12H,1-2H2;2H,1H3,(H4,6,7,12)(H4,8,9,13)/b;;;10-2+,11-3+/t;6-,7+,13+,15-;;/m.1../s1. The molecular weight excluding hydrogens is 1130 g/mol. The average molecular weight is 1190 g/mol. The van der Waals surface area contributed by atoms with E-state index in [-0.39, 0.29) is 79.9 Å². The number of piperazine rings is 1. The van der Waals surface area contributed by atoms with Gasteiger partial charge in [0, 0.05) is 47.9 Å². The third-order valence-corrected chi connectivity index (χ3v) is 15.1. The van der Waals surface area contributed by atoms with Gasteiger partial charge in [-0.3, -0.25) is 29.9 Å². The number of benzene rings is 1. The summed E-state index contributed by atoms with van der Waals surface area (Å²) in [5.41, 5.74) is 26.5. The highest BCUT2D eigenvalue weighted by atomic mass is 79.9. The summed E-state index contributed by atoms with van der Waals surface area (Å²) in [6.45, 7) is 7.26. The summed E-state index contributed by atoms with van der Waals surface area (Å²) >= 11 is 6.98. The number of sulfonamides is 1. The second kappa shape index (κ2) is 25.9. The predicted molar refractivity (Wildman–Crippen MR) is 276 cm³/mol. The highest BCUT2D eigenvalue weighted by Crippen LogP contribution is 2.55. The van der Waals surface area contributed by atoms with E-state index in [2.05, 4.69) is 67.9 Å². The summed E-state index contributed by atoms with van der Waals surface area (Å²) in [5, 5.41) is 60.4. The maximum Gasteiger partial charge on any atom is 0.404 e. The number of hydrogen-bond donors (Lipinski definition) is 14. The topological polar surface area (TPSA) is 465 Å². The van der Waals surface area contributed by atoms with Crippen molar-refractivity contribution in [3.05, 3.63) is 76.0 Å². The number of ketones is 2. The number of hydrazone groups is 2. The summed E-state index contributed by atoms with van der Waals surface area (Å²) in [6, 6.07) is 10.2. The Kier molecular flexibility index (Phi) is 21.2. The fourth-order valence-corrected chi connectivity index (χ4v) is 10.5. The minimum absolute atomic E-state index is 0.0586. The highest BCUT2D eigenvalue weighted by Gasteiger charge is 2.72. The van der Waals surface area contributed by atoms with Gasteiger partial charge in [-0.1, -0.05) is 61.3 Å². The van der Waals surface area contributed by atoms with Crippen LogP contribution in [-0.2, 0) is 40.3 Å². The Labute approximate surface area is 440 Å². The number of primary amides is 1. The average Bonchev–Trinajstić information content (AvgIpc) is 3.53. The number of carbonyl (C=O) groups excluding carboxylic acids is 4. The van der Waals surface area contributed by atoms with Gasteiger partial charge in [-0.25, -0.2) is 24.1 Å². The van der Waals surface area contributed by atoms with Crippen molar-refractivity contribution in [2.75, 3.05) is 30.9 Å². The first-order valence-corrected chi connectivity index (χ1v) is 26.2. The molecule has 9 atom stereocenters. The first kappa shape index (κ1) is 59.8. The minimum Gasteiger partial charge on any atom is -0.466 e. The number of nitrogens with zero attached hydrogens (tertiary/aromatic N) is 4. The molecule has 18 N–H and O–H groups in total. The van der Waals surface area contributed by atoms with E-state index in [1.807, 2.05) is 24.8 Å². The zero-order chi connectivity index (χ0) is 54.7. The van der Waals surface area contributed by atoms with E-state index in [0.717, 1.165) is 23.1 Å². The molecule has 7 rings (SSSR count). The molecule has 400 valence electrons. The number of nitrogens with one attached hydrogen (secondary N) is 6. The van der Waals surface area contributed by atoms with E-state index in [4.69, 9.17) is 57.9 Å². The maximum atomic E-state index is 12.8. The molecule has 2 aromatic rings. The Hall–Kier alpha value is -5.77. The van der Waals surface area contributed by atoms with Crippen LogP contribution in [0, 0.1) is 30.6 Å². The van der Waals surface area contributed by atoms with Crippen LogP contribution in [0.4, 0.5) is 4.79 Å². The molecule has 1 aromatic carbocycles. The Balaban J connectivity index is 0.000000222. The number of aliphatic imine (C=N–C) groups is 1. The Morgan fingerprint density at radius 1 is 1.01 bits per heavy atom. The van der Waals surface area contributed by atoms with Crippen molar-refractivity contribution in [2.24, 2.45) is 44.0 Å². The van der Waals surface area contributed by atoms with Crippen LogP contribution < -0.4 is 43.8 Å². The highest BCUT2D eigenvalue weighted by molar-refractivity contribution is 9.09. The smallest absolute Gasteiger partial charge is 0.404 e. The van der Waals surface area contributed by atoms with E-state index in [1.165, 1.54) is 32.4 Å². The van der Waals surface area contributed by atoms with Gasteiger partial charge in [0.05, 0.1) is 52.4 Å². The molecule has 2 amide bonds. The lowest BCUT2D eigenvalue weighted by molar-refractivity contribution is -0.137. The van der Waals surface area contributed by atoms with Gasteiger partial charge in [-0.15, -0.1) is 0 Å². The van der Waals surface area contributed by atoms with Crippen LogP contribution in [0.2, 0.25) is 0 Å². The molecule has 2 saturated heterocycles. The van der Waals surface area contributed by atoms with Gasteiger partial charge in [-0.2, -0.15) is 15.2 Å². The number of furan rings is 1. The van der Waals surface area contributed by atoms with Crippen molar-refractivity contribution in [3.8, 4) is 0 Å². The normalized spacial score (nSPS) is 23.5. The number of Topliss-reactive ketones (excluding diaryl/α,β-unsaturated/α-hetero) is 2. The molecule has 73 heavy (non-hydrogen) atoms. The third-order valence-electron chi connectivity index (χ3n) is 11.2. The van der Waals surface area contributed by atoms with Gasteiger partial charge in [-0.05, 0) is 52.0 Å². The number of thioether (sulfide) groups is 1. The van der Waals surface area contributed by atoms with Crippen molar-refractivity contribution < 1.29 is 61.9 Å². The molecule has 5 aliphatic rings. The molecule has 31 heteroatoms. The number of amidine groups is 1. The first-order valence-electron chi connectivity index (χ1n) is 21.6. The number of hydrogen-bond acceptors (Lipinski definition) is 21. The lowest BCUT2D eigenvalue weighted by Gasteiger charge is -2.39. The van der Waals surface area contributed by atoms with Gasteiger partial charge < -0.3 is 67.5 Å². The number of nitrogens with two attached hydrogens (primary N) is 4. The molecule has 0 radical (unpaired) electrons. The first-order chi connectivity index (χ1) is 34.2. The fraction of sp³-hybridized carbons (Fsp3) is 0.452. The number of fused-ring (bicyclic) bond motifs is 4. The zero-order valence-corrected chi connectivity index (χ0v) is 44.6. The molecule has 0 bridgehead atoms. The molecule has 27 nitrogen and oxygen atoms in total. The van der Waals surface area contributed by atoms with E-state index >= 15 is 0 Å². The molecule has 1 aromatic heterocycles. The quantitative estimate of drug-likeness (QED) is 0.0236. The van der Waals surface area contributed by atoms with Gasteiger partial charge >= 0.3 is 6.09 Å². The van der Waals surface area contributed by atoms with Crippen LogP contribution in [0.1, 0.15) is 30.9 Å². The number of alkyl halides is 2. The predicted octanol–water partition coefficient (Wildman–Crippen LogP) is -1.70. The molecule has 4 aliphatic heterocycles. The van der Waals surface area contributed by atoms with Gasteiger partial charge in [0.15, 0.2) is 10.9 Å². The second-order valence-electron chi connectivity index (χ2n) is 16.4. The van der Waals surface area contributed by atoms with Crippen LogP contribution in [0.3, 0.4) is 0 Å². The molecule has 0 spiro atoms. The van der Waals surface area contributed by atoms with Crippen molar-refractivity contribution >= 4 is 106 Å². The molecule has 5 heterocycles. The summed E-state index contributed by atoms with van der Waals surface area (Å²) in [4.78, 5) is 54.4. The molecule has 2 fully saturated rings. The number of aryl methyl sites for hydroxylation is 2. The second-order valence-corrected chi connectivity index (χ2v) is 20.6. The van der Waals surface area contributed by atoms with E-state index in [0.29, 0.717) is 30.1 Å². The molecule has 0 saturated carbocycles. The molecular formula is C42H58Br2N14O13S2. The summed E-state index contributed by atoms with van der Waals surface area (Å²) in [7, 11) is -2.24. The molecule has 5 unspecified atom stereocenters. The minimum atomic E-state index is -3.75. The summed E-state index contributed by atoms with van der Waals surface area (Å²) in [6.07, 6.45) is -4.07. The van der Waals surface area contributed by atoms with Crippen molar-refractivity contribution in [2.45, 2.75) is 86.5 Å². The Morgan fingerprint density at radius 2 is 1.62 bits per heavy atom. The van der Waals surface area contributed by atoms with Crippen molar-refractivity contribution in [3.63, 3.8) is 0 Å². The van der Waals surface area contributed by atoms with Crippen LogP contribution in [0.25, 0.3) is 0 Å². The molecule has 1 aliphatic carbocycles. The van der Waals surface area contributed by atoms with Crippen LogP contribution in [-0.4, -0.2) is 165 Å². The van der Waals surface area contributed by atoms with Crippen molar-refractivity contribution in [1.82, 2.24) is 25.8 Å². The van der Waals surface area contributed by atoms with Crippen molar-refractivity contribution in [1.29, 1.82) is 10.8 Å². The number of carbonyl (C=O) groups is 4. The largest absolute Gasteiger partial charge is 0.466 e. The van der Waals surface area contributed by atoms with E-state index in [1.54, 1.807) is 25.1 Å². The van der Waals surface area contributed by atoms with Gasteiger partial charge in [0.2, 0.25) is 23.5 Å². The Bertz CT molecular complexity index is 2670. The third kappa shape index (κ3) is 14.9. The van der Waals surface area contributed by atoms with Crippen LogP contribution in [0.5, 0.6) is 0 Å². The lowest BCUT2D eigenvalue weighted by atomic mass is 9.82. The van der Waals surface area contributed by atoms with Gasteiger partial charge in [0.25, 0.3) is 15.9 Å². The number of ether oxygens (including phenoxy) is 2. The van der Waals surface area contributed by atoms with E-state index < -0.39 is 63.2 Å². The van der Waals surface area contributed by atoms with Crippen LogP contribution in [0.15, 0.2) is 83.4 Å². The number of allylic oxidation sites excluding steroid dienone is 2. The zero-order valence-electron chi connectivity index (χ0n) is 39.8. The van der Waals surface area contributed by atoms with E-state index in [9.17, 15) is 37.8 Å².